The Morgan fingerprint density at radius 1 is 1.43 bits per heavy atom. The van der Waals surface area contributed by atoms with E-state index in [1.165, 1.54) is 6.07 Å². The third-order valence-corrected chi connectivity index (χ3v) is 5.01. The molecular weight excluding hydrogens is 336 g/mol. The number of thiazole rings is 1. The van der Waals surface area contributed by atoms with Gasteiger partial charge in [0.1, 0.15) is 0 Å². The zero-order chi connectivity index (χ0) is 16.4. The minimum Gasteiger partial charge on any atom is -0.370 e. The molecule has 0 radical (unpaired) electrons. The van der Waals surface area contributed by atoms with Crippen LogP contribution in [0.2, 0.25) is 5.02 Å². The number of hydrogen-bond acceptors (Lipinski definition) is 6. The molecule has 6 nitrogen and oxygen atoms in total. The highest BCUT2D eigenvalue weighted by Crippen LogP contribution is 2.35. The number of benzene rings is 1. The Morgan fingerprint density at radius 2 is 2.17 bits per heavy atom. The zero-order valence-electron chi connectivity index (χ0n) is 12.7. The van der Waals surface area contributed by atoms with Gasteiger partial charge in [-0.1, -0.05) is 11.6 Å². The number of hydrogen-bond donors (Lipinski definition) is 1. The SMILES string of the molecule is Cc1cc([N+](=O)[O-])cc(Cl)c1N1CCC(Nc2nccs2)CC1. The number of aryl methyl sites for hydroxylation is 1. The molecule has 1 aromatic carbocycles. The maximum absolute atomic E-state index is 10.9. The van der Waals surface area contributed by atoms with Gasteiger partial charge in [-0.25, -0.2) is 4.98 Å². The maximum Gasteiger partial charge on any atom is 0.271 e. The van der Waals surface area contributed by atoms with E-state index in [2.05, 4.69) is 15.2 Å². The van der Waals surface area contributed by atoms with Gasteiger partial charge in [0.2, 0.25) is 0 Å². The summed E-state index contributed by atoms with van der Waals surface area (Å²) >= 11 is 7.90. The van der Waals surface area contributed by atoms with E-state index in [0.29, 0.717) is 11.1 Å². The second-order valence-corrected chi connectivity index (χ2v) is 6.89. The highest BCUT2D eigenvalue weighted by atomic mass is 35.5. The van der Waals surface area contributed by atoms with Crippen molar-refractivity contribution in [3.63, 3.8) is 0 Å². The van der Waals surface area contributed by atoms with E-state index in [0.717, 1.165) is 42.3 Å². The first kappa shape index (κ1) is 16.0. The number of rotatable bonds is 4. The van der Waals surface area contributed by atoms with Crippen LogP contribution in [0.25, 0.3) is 0 Å². The van der Waals surface area contributed by atoms with Gasteiger partial charge in [0, 0.05) is 42.8 Å². The summed E-state index contributed by atoms with van der Waals surface area (Å²) in [6, 6.07) is 3.42. The van der Waals surface area contributed by atoms with Crippen molar-refractivity contribution in [2.45, 2.75) is 25.8 Å². The molecule has 0 bridgehead atoms. The number of nitro groups is 1. The predicted molar refractivity (Wildman–Crippen MR) is 93.8 cm³/mol. The van der Waals surface area contributed by atoms with Crippen LogP contribution in [-0.4, -0.2) is 29.0 Å². The molecule has 1 aromatic heterocycles. The maximum atomic E-state index is 10.9. The first-order chi connectivity index (χ1) is 11.0. The van der Waals surface area contributed by atoms with Gasteiger partial charge in [-0.15, -0.1) is 11.3 Å². The molecule has 0 unspecified atom stereocenters. The van der Waals surface area contributed by atoms with Crippen LogP contribution in [0.3, 0.4) is 0 Å². The lowest BCUT2D eigenvalue weighted by Crippen LogP contribution is -2.39. The highest BCUT2D eigenvalue weighted by Gasteiger charge is 2.24. The van der Waals surface area contributed by atoms with Crippen molar-refractivity contribution in [1.82, 2.24) is 4.98 Å². The molecule has 23 heavy (non-hydrogen) atoms. The van der Waals surface area contributed by atoms with Gasteiger partial charge in [0.05, 0.1) is 15.6 Å². The molecule has 0 spiro atoms. The molecule has 2 heterocycles. The lowest BCUT2D eigenvalue weighted by atomic mass is 10.0. The van der Waals surface area contributed by atoms with Gasteiger partial charge in [-0.2, -0.15) is 0 Å². The summed E-state index contributed by atoms with van der Waals surface area (Å²) in [7, 11) is 0. The van der Waals surface area contributed by atoms with Gasteiger partial charge >= 0.3 is 0 Å². The molecule has 0 atom stereocenters. The Labute approximate surface area is 143 Å². The molecule has 0 saturated carbocycles. The van der Waals surface area contributed by atoms with E-state index in [4.69, 9.17) is 11.6 Å². The second kappa shape index (κ2) is 6.72. The average molecular weight is 353 g/mol. The van der Waals surface area contributed by atoms with E-state index in [1.54, 1.807) is 23.6 Å². The van der Waals surface area contributed by atoms with Crippen LogP contribution < -0.4 is 10.2 Å². The molecule has 1 fully saturated rings. The number of piperidine rings is 1. The number of nitrogens with one attached hydrogen (secondary N) is 1. The fourth-order valence-corrected chi connectivity index (χ4v) is 3.93. The van der Waals surface area contributed by atoms with Gasteiger partial charge in [0.15, 0.2) is 5.13 Å². The fraction of sp³-hybridized carbons (Fsp3) is 0.400. The lowest BCUT2D eigenvalue weighted by molar-refractivity contribution is -0.384. The van der Waals surface area contributed by atoms with Gasteiger partial charge in [-0.3, -0.25) is 10.1 Å². The lowest BCUT2D eigenvalue weighted by Gasteiger charge is -2.35. The van der Waals surface area contributed by atoms with Gasteiger partial charge in [0.25, 0.3) is 5.69 Å². The Morgan fingerprint density at radius 3 is 2.74 bits per heavy atom. The van der Waals surface area contributed by atoms with E-state index >= 15 is 0 Å². The first-order valence-corrected chi connectivity index (χ1v) is 8.66. The number of anilines is 2. The van der Waals surface area contributed by atoms with Crippen molar-refractivity contribution in [2.75, 3.05) is 23.3 Å². The van der Waals surface area contributed by atoms with Crippen LogP contribution in [0.5, 0.6) is 0 Å². The van der Waals surface area contributed by atoms with Gasteiger partial charge in [-0.05, 0) is 25.3 Å². The molecule has 1 aliphatic heterocycles. The average Bonchev–Trinajstić information content (AvgIpc) is 3.01. The number of halogens is 1. The summed E-state index contributed by atoms with van der Waals surface area (Å²) in [5, 5.41) is 17.7. The number of aromatic nitrogens is 1. The van der Waals surface area contributed by atoms with Crippen molar-refractivity contribution >= 4 is 39.4 Å². The largest absolute Gasteiger partial charge is 0.370 e. The molecule has 0 amide bonds. The van der Waals surface area contributed by atoms with Crippen molar-refractivity contribution in [1.29, 1.82) is 0 Å². The standard InChI is InChI=1S/C15H17ClN4O2S/c1-10-8-12(20(21)22)9-13(16)14(10)19-5-2-11(3-6-19)18-15-17-4-7-23-15/h4,7-9,11H,2-3,5-6H2,1H3,(H,17,18). The number of nitro benzene ring substituents is 1. The summed E-state index contributed by atoms with van der Waals surface area (Å²) in [5.74, 6) is 0. The van der Waals surface area contributed by atoms with E-state index in [-0.39, 0.29) is 5.69 Å². The minimum absolute atomic E-state index is 0.0385. The Hall–Kier alpha value is -1.86. The Kier molecular flexibility index (Phi) is 4.68. The van der Waals surface area contributed by atoms with E-state index in [9.17, 15) is 10.1 Å². The Balaban J connectivity index is 1.69. The van der Waals surface area contributed by atoms with E-state index < -0.39 is 4.92 Å². The smallest absolute Gasteiger partial charge is 0.271 e. The van der Waals surface area contributed by atoms with Crippen LogP contribution in [0.1, 0.15) is 18.4 Å². The van der Waals surface area contributed by atoms with Crippen LogP contribution in [0, 0.1) is 17.0 Å². The molecule has 8 heteroatoms. The molecule has 3 rings (SSSR count). The third-order valence-electron chi connectivity index (χ3n) is 4.02. The van der Waals surface area contributed by atoms with E-state index in [1.807, 2.05) is 12.3 Å². The van der Waals surface area contributed by atoms with Crippen molar-refractivity contribution < 1.29 is 4.92 Å². The minimum atomic E-state index is -0.410. The summed E-state index contributed by atoms with van der Waals surface area (Å²) in [6.45, 7) is 3.59. The van der Waals surface area contributed by atoms with Crippen molar-refractivity contribution in [2.24, 2.45) is 0 Å². The van der Waals surface area contributed by atoms with Gasteiger partial charge < -0.3 is 10.2 Å². The predicted octanol–water partition coefficient (Wildman–Crippen LogP) is 4.09. The fourth-order valence-electron chi connectivity index (χ4n) is 2.94. The number of nitrogens with zero attached hydrogens (tertiary/aromatic N) is 3. The Bertz CT molecular complexity index is 677. The zero-order valence-corrected chi connectivity index (χ0v) is 14.2. The van der Waals surface area contributed by atoms with Crippen LogP contribution in [0.15, 0.2) is 23.7 Å². The second-order valence-electron chi connectivity index (χ2n) is 5.59. The third kappa shape index (κ3) is 3.56. The van der Waals surface area contributed by atoms with Crippen LogP contribution >= 0.6 is 22.9 Å². The summed E-state index contributed by atoms with van der Waals surface area (Å²) in [5.41, 5.74) is 1.79. The molecule has 1 aliphatic rings. The topological polar surface area (TPSA) is 71.3 Å². The molecule has 1 saturated heterocycles. The molecule has 1 N–H and O–H groups in total. The molecular formula is C15H17ClN4O2S. The summed E-state index contributed by atoms with van der Waals surface area (Å²) in [4.78, 5) is 17.0. The normalized spacial score (nSPS) is 15.7. The quantitative estimate of drug-likeness (QED) is 0.662. The first-order valence-electron chi connectivity index (χ1n) is 7.40. The number of non-ortho nitro benzene ring substituents is 1. The summed E-state index contributed by atoms with van der Waals surface area (Å²) in [6.07, 6.45) is 3.75. The summed E-state index contributed by atoms with van der Waals surface area (Å²) < 4.78 is 0. The molecule has 122 valence electrons. The molecule has 2 aromatic rings. The van der Waals surface area contributed by atoms with Crippen LogP contribution in [0.4, 0.5) is 16.5 Å². The molecule has 0 aliphatic carbocycles. The van der Waals surface area contributed by atoms with Crippen molar-refractivity contribution in [3.8, 4) is 0 Å². The monoisotopic (exact) mass is 352 g/mol. The van der Waals surface area contributed by atoms with Crippen molar-refractivity contribution in [3.05, 3.63) is 44.4 Å². The highest BCUT2D eigenvalue weighted by molar-refractivity contribution is 7.13. The van der Waals surface area contributed by atoms with Crippen LogP contribution in [-0.2, 0) is 0 Å².